The summed E-state index contributed by atoms with van der Waals surface area (Å²) in [6.45, 7) is 0. The summed E-state index contributed by atoms with van der Waals surface area (Å²) in [7, 11) is 0. The minimum absolute atomic E-state index is 0.463. The van der Waals surface area contributed by atoms with Gasteiger partial charge in [0.05, 0.1) is 4.92 Å². The standard InChI is InChI=1S/C10H4ClF6NO4/c11-7(10(15,16)17)8-21-4-2-1-3(18(19)20)5(6(4)22-8)9(12,13)14/h1-2,7-8H. The van der Waals surface area contributed by atoms with Crippen molar-refractivity contribution in [1.29, 1.82) is 0 Å². The van der Waals surface area contributed by atoms with Crippen molar-refractivity contribution in [2.45, 2.75) is 24.0 Å². The van der Waals surface area contributed by atoms with Crippen LogP contribution in [0, 0.1) is 10.1 Å². The molecule has 1 aliphatic heterocycles. The van der Waals surface area contributed by atoms with E-state index in [-0.39, 0.29) is 0 Å². The molecule has 2 rings (SSSR count). The van der Waals surface area contributed by atoms with Gasteiger partial charge in [-0.2, -0.15) is 26.3 Å². The minimum atomic E-state index is -5.23. The quantitative estimate of drug-likeness (QED) is 0.351. The van der Waals surface area contributed by atoms with E-state index in [1.54, 1.807) is 0 Å². The first-order valence-corrected chi connectivity index (χ1v) is 5.79. The number of nitro benzene ring substituents is 1. The Morgan fingerprint density at radius 2 is 1.77 bits per heavy atom. The van der Waals surface area contributed by atoms with Crippen LogP contribution < -0.4 is 9.47 Å². The third-order valence-electron chi connectivity index (χ3n) is 2.61. The van der Waals surface area contributed by atoms with Gasteiger partial charge in [-0.3, -0.25) is 10.1 Å². The fourth-order valence-corrected chi connectivity index (χ4v) is 1.83. The number of fused-ring (bicyclic) bond motifs is 1. The zero-order valence-electron chi connectivity index (χ0n) is 10.0. The second-order valence-corrected chi connectivity index (χ2v) is 4.56. The molecule has 1 aromatic rings. The van der Waals surface area contributed by atoms with E-state index in [1.807, 2.05) is 0 Å². The van der Waals surface area contributed by atoms with Crippen LogP contribution in [0.2, 0.25) is 0 Å². The highest BCUT2D eigenvalue weighted by Crippen LogP contribution is 2.51. The Hall–Kier alpha value is -1.91. The average Bonchev–Trinajstić information content (AvgIpc) is 2.77. The first kappa shape index (κ1) is 16.5. The first-order chi connectivity index (χ1) is 9.93. The van der Waals surface area contributed by atoms with E-state index in [0.717, 1.165) is 0 Å². The molecule has 122 valence electrons. The molecule has 0 radical (unpaired) electrons. The molecule has 2 atom stereocenters. The summed E-state index contributed by atoms with van der Waals surface area (Å²) in [5, 5.41) is 7.90. The first-order valence-electron chi connectivity index (χ1n) is 5.35. The molecule has 0 spiro atoms. The Bertz CT molecular complexity index is 617. The molecule has 1 aromatic carbocycles. The normalized spacial score (nSPS) is 19.1. The summed E-state index contributed by atoms with van der Waals surface area (Å²) in [5.74, 6) is -1.90. The van der Waals surface area contributed by atoms with E-state index in [0.29, 0.717) is 12.1 Å². The highest BCUT2D eigenvalue weighted by Gasteiger charge is 2.52. The maximum absolute atomic E-state index is 12.9. The molecule has 1 heterocycles. The van der Waals surface area contributed by atoms with Gasteiger partial charge in [0, 0.05) is 6.07 Å². The monoisotopic (exact) mass is 351 g/mol. The molecule has 5 nitrogen and oxygen atoms in total. The van der Waals surface area contributed by atoms with Crippen molar-refractivity contribution in [3.05, 3.63) is 27.8 Å². The number of ether oxygens (including phenoxy) is 2. The van der Waals surface area contributed by atoms with Crippen LogP contribution in [0.25, 0.3) is 0 Å². The maximum atomic E-state index is 12.9. The summed E-state index contributed by atoms with van der Waals surface area (Å²) < 4.78 is 85.1. The van der Waals surface area contributed by atoms with Gasteiger partial charge in [0.2, 0.25) is 5.38 Å². The van der Waals surface area contributed by atoms with E-state index in [4.69, 9.17) is 11.6 Å². The van der Waals surface area contributed by atoms with E-state index < -0.39 is 51.7 Å². The molecule has 0 bridgehead atoms. The zero-order valence-corrected chi connectivity index (χ0v) is 10.8. The molecule has 0 amide bonds. The lowest BCUT2D eigenvalue weighted by molar-refractivity contribution is -0.388. The molecule has 0 saturated carbocycles. The lowest BCUT2D eigenvalue weighted by Crippen LogP contribution is -2.40. The molecule has 0 fully saturated rings. The van der Waals surface area contributed by atoms with Gasteiger partial charge in [-0.25, -0.2) is 0 Å². The molecule has 22 heavy (non-hydrogen) atoms. The van der Waals surface area contributed by atoms with E-state index in [9.17, 15) is 36.5 Å². The van der Waals surface area contributed by atoms with Crippen LogP contribution in [0.3, 0.4) is 0 Å². The largest absolute Gasteiger partial charge is 0.449 e. The van der Waals surface area contributed by atoms with Gasteiger partial charge in [-0.15, -0.1) is 11.6 Å². The predicted molar refractivity (Wildman–Crippen MR) is 58.8 cm³/mol. The Morgan fingerprint density at radius 3 is 2.23 bits per heavy atom. The molecule has 0 saturated heterocycles. The number of benzene rings is 1. The Kier molecular flexibility index (Phi) is 3.80. The lowest BCUT2D eigenvalue weighted by Gasteiger charge is -2.19. The van der Waals surface area contributed by atoms with Crippen LogP contribution >= 0.6 is 11.6 Å². The van der Waals surface area contributed by atoms with Crippen molar-refractivity contribution in [3.8, 4) is 11.5 Å². The average molecular weight is 352 g/mol. The lowest BCUT2D eigenvalue weighted by atomic mass is 10.1. The Balaban J connectivity index is 2.49. The van der Waals surface area contributed by atoms with Gasteiger partial charge in [0.25, 0.3) is 12.0 Å². The second kappa shape index (κ2) is 5.07. The van der Waals surface area contributed by atoms with Crippen molar-refractivity contribution >= 4 is 17.3 Å². The molecule has 1 aliphatic rings. The van der Waals surface area contributed by atoms with Gasteiger partial charge in [0.1, 0.15) is 0 Å². The van der Waals surface area contributed by atoms with Crippen LogP contribution in [-0.4, -0.2) is 22.8 Å². The van der Waals surface area contributed by atoms with Crippen LogP contribution in [-0.2, 0) is 6.18 Å². The summed E-state index contributed by atoms with van der Waals surface area (Å²) >= 11 is 5.03. The second-order valence-electron chi connectivity index (χ2n) is 4.09. The number of hydrogen-bond acceptors (Lipinski definition) is 4. The zero-order chi connectivity index (χ0) is 16.9. The predicted octanol–water partition coefficient (Wildman–Crippen LogP) is 3.88. The smallest absolute Gasteiger partial charge is 0.426 e. The molecule has 0 aliphatic carbocycles. The summed E-state index contributed by atoms with van der Waals surface area (Å²) in [6, 6.07) is 1.17. The van der Waals surface area contributed by atoms with Crippen LogP contribution in [0.1, 0.15) is 5.56 Å². The van der Waals surface area contributed by atoms with Crippen molar-refractivity contribution < 1.29 is 40.7 Å². The van der Waals surface area contributed by atoms with Crippen molar-refractivity contribution in [1.82, 2.24) is 0 Å². The van der Waals surface area contributed by atoms with Crippen LogP contribution in [0.15, 0.2) is 12.1 Å². The molecule has 2 unspecified atom stereocenters. The van der Waals surface area contributed by atoms with Gasteiger partial charge < -0.3 is 9.47 Å². The summed E-state index contributed by atoms with van der Waals surface area (Å²) in [5.41, 5.74) is -3.20. The third-order valence-corrected chi connectivity index (χ3v) is 3.06. The molecule has 0 aromatic heterocycles. The maximum Gasteiger partial charge on any atom is 0.426 e. The highest BCUT2D eigenvalue weighted by molar-refractivity contribution is 6.21. The Morgan fingerprint density at radius 1 is 1.18 bits per heavy atom. The summed E-state index contributed by atoms with van der Waals surface area (Å²) in [4.78, 5) is 9.31. The number of halogens is 7. The minimum Gasteiger partial charge on any atom is -0.449 e. The van der Waals surface area contributed by atoms with Gasteiger partial charge >= 0.3 is 12.4 Å². The SMILES string of the molecule is O=[N+]([O-])c1ccc2c(c1C(F)(F)F)OC(C(Cl)C(F)(F)F)O2. The third kappa shape index (κ3) is 2.85. The number of nitro groups is 1. The number of hydrogen-bond donors (Lipinski definition) is 0. The summed E-state index contributed by atoms with van der Waals surface area (Å²) in [6.07, 6.45) is -12.5. The van der Waals surface area contributed by atoms with Crippen molar-refractivity contribution in [3.63, 3.8) is 0 Å². The molecule has 12 heteroatoms. The topological polar surface area (TPSA) is 61.6 Å². The van der Waals surface area contributed by atoms with Gasteiger partial charge in [-0.05, 0) is 6.07 Å². The number of alkyl halides is 7. The molecule has 0 N–H and O–H groups in total. The van der Waals surface area contributed by atoms with E-state index in [1.165, 1.54) is 0 Å². The van der Waals surface area contributed by atoms with E-state index >= 15 is 0 Å². The number of rotatable bonds is 2. The fourth-order valence-electron chi connectivity index (χ4n) is 1.73. The Labute approximate surface area is 122 Å². The fraction of sp³-hybridized carbons (Fsp3) is 0.400. The van der Waals surface area contributed by atoms with Gasteiger partial charge in [-0.1, -0.05) is 0 Å². The van der Waals surface area contributed by atoms with Crippen LogP contribution in [0.5, 0.6) is 11.5 Å². The number of nitrogens with zero attached hydrogens (tertiary/aromatic N) is 1. The van der Waals surface area contributed by atoms with Crippen molar-refractivity contribution in [2.75, 3.05) is 0 Å². The molecular formula is C10H4ClF6NO4. The highest BCUT2D eigenvalue weighted by atomic mass is 35.5. The molecular weight excluding hydrogens is 348 g/mol. The van der Waals surface area contributed by atoms with Crippen LogP contribution in [0.4, 0.5) is 32.0 Å². The van der Waals surface area contributed by atoms with E-state index in [2.05, 4.69) is 9.47 Å². The van der Waals surface area contributed by atoms with Crippen molar-refractivity contribution in [2.24, 2.45) is 0 Å². The van der Waals surface area contributed by atoms with Gasteiger partial charge in [0.15, 0.2) is 17.1 Å².